The van der Waals surface area contributed by atoms with E-state index in [9.17, 15) is 0 Å². The molecule has 17 heavy (non-hydrogen) atoms. The average Bonchev–Trinajstić information content (AvgIpc) is 2.32. The van der Waals surface area contributed by atoms with Crippen LogP contribution in [0.5, 0.6) is 11.5 Å². The third-order valence-electron chi connectivity index (χ3n) is 2.71. The third kappa shape index (κ3) is 3.10. The number of benzene rings is 2. The van der Waals surface area contributed by atoms with Crippen LogP contribution in [-0.2, 0) is 6.42 Å². The molecular formula is C16H18O. The first-order valence-electron chi connectivity index (χ1n) is 6.12. The number of ether oxygens (including phenoxy) is 1. The molecule has 0 aliphatic rings. The van der Waals surface area contributed by atoms with Crippen molar-refractivity contribution in [2.45, 2.75) is 26.7 Å². The summed E-state index contributed by atoms with van der Waals surface area (Å²) in [5.74, 6) is 1.88. The molecular weight excluding hydrogens is 208 g/mol. The average molecular weight is 226 g/mol. The second kappa shape index (κ2) is 5.53. The molecule has 0 atom stereocenters. The van der Waals surface area contributed by atoms with Crippen molar-refractivity contribution in [3.8, 4) is 11.5 Å². The summed E-state index contributed by atoms with van der Waals surface area (Å²) >= 11 is 0. The summed E-state index contributed by atoms with van der Waals surface area (Å²) in [5, 5.41) is 0. The lowest BCUT2D eigenvalue weighted by molar-refractivity contribution is 0.475. The Labute approximate surface area is 103 Å². The summed E-state index contributed by atoms with van der Waals surface area (Å²) < 4.78 is 5.94. The van der Waals surface area contributed by atoms with E-state index in [1.165, 1.54) is 11.1 Å². The molecule has 0 unspecified atom stereocenters. The minimum atomic E-state index is 0.911. The van der Waals surface area contributed by atoms with Gasteiger partial charge in [-0.2, -0.15) is 0 Å². The molecule has 0 aliphatic carbocycles. The second-order valence-corrected chi connectivity index (χ2v) is 4.28. The van der Waals surface area contributed by atoms with Gasteiger partial charge in [0.2, 0.25) is 0 Å². The van der Waals surface area contributed by atoms with Crippen molar-refractivity contribution >= 4 is 0 Å². The number of hydrogen-bond donors (Lipinski definition) is 0. The maximum Gasteiger partial charge on any atom is 0.130 e. The van der Waals surface area contributed by atoms with E-state index < -0.39 is 0 Å². The normalized spacial score (nSPS) is 10.2. The van der Waals surface area contributed by atoms with E-state index in [1.807, 2.05) is 24.3 Å². The Kier molecular flexibility index (Phi) is 3.81. The van der Waals surface area contributed by atoms with Gasteiger partial charge in [-0.1, -0.05) is 43.7 Å². The smallest absolute Gasteiger partial charge is 0.130 e. The van der Waals surface area contributed by atoms with Gasteiger partial charge in [0, 0.05) is 0 Å². The van der Waals surface area contributed by atoms with Crippen molar-refractivity contribution < 1.29 is 4.74 Å². The van der Waals surface area contributed by atoms with Crippen molar-refractivity contribution in [2.24, 2.45) is 0 Å². The van der Waals surface area contributed by atoms with Gasteiger partial charge in [0.1, 0.15) is 11.5 Å². The maximum atomic E-state index is 5.94. The molecule has 88 valence electrons. The monoisotopic (exact) mass is 226 g/mol. The first-order valence-corrected chi connectivity index (χ1v) is 6.12. The molecule has 0 heterocycles. The molecule has 0 N–H and O–H groups in total. The molecule has 1 nitrogen and oxygen atoms in total. The fraction of sp³-hybridized carbons (Fsp3) is 0.250. The lowest BCUT2D eigenvalue weighted by Crippen LogP contribution is -1.91. The molecule has 2 aromatic carbocycles. The minimum Gasteiger partial charge on any atom is -0.457 e. The highest BCUT2D eigenvalue weighted by atomic mass is 16.5. The van der Waals surface area contributed by atoms with Gasteiger partial charge in [0.05, 0.1) is 0 Å². The standard InChI is InChI=1S/C16H18O/c1-3-7-14-9-4-5-11-16(14)17-15-10-6-8-13(2)12-15/h4-6,8-12H,3,7H2,1-2H3. The van der Waals surface area contributed by atoms with Crippen LogP contribution in [0.25, 0.3) is 0 Å². The van der Waals surface area contributed by atoms with Crippen molar-refractivity contribution in [1.29, 1.82) is 0 Å². The predicted octanol–water partition coefficient (Wildman–Crippen LogP) is 4.74. The van der Waals surface area contributed by atoms with Gasteiger partial charge in [0.25, 0.3) is 0 Å². The quantitative estimate of drug-likeness (QED) is 0.731. The zero-order chi connectivity index (χ0) is 12.1. The summed E-state index contributed by atoms with van der Waals surface area (Å²) in [7, 11) is 0. The molecule has 0 fully saturated rings. The van der Waals surface area contributed by atoms with Crippen LogP contribution in [0.4, 0.5) is 0 Å². The first-order chi connectivity index (χ1) is 8.29. The molecule has 0 aromatic heterocycles. The Morgan fingerprint density at radius 2 is 1.82 bits per heavy atom. The fourth-order valence-electron chi connectivity index (χ4n) is 1.89. The molecule has 0 spiro atoms. The molecule has 2 rings (SSSR count). The fourth-order valence-corrected chi connectivity index (χ4v) is 1.89. The lowest BCUT2D eigenvalue weighted by Gasteiger charge is -2.10. The Morgan fingerprint density at radius 3 is 2.59 bits per heavy atom. The van der Waals surface area contributed by atoms with Crippen LogP contribution in [0, 0.1) is 6.92 Å². The van der Waals surface area contributed by atoms with E-state index in [4.69, 9.17) is 4.74 Å². The zero-order valence-corrected chi connectivity index (χ0v) is 10.4. The first kappa shape index (κ1) is 11.7. The molecule has 0 radical (unpaired) electrons. The van der Waals surface area contributed by atoms with E-state index in [0.29, 0.717) is 0 Å². The molecule has 0 aliphatic heterocycles. The van der Waals surface area contributed by atoms with Crippen LogP contribution in [0.15, 0.2) is 48.5 Å². The van der Waals surface area contributed by atoms with Crippen molar-refractivity contribution in [2.75, 3.05) is 0 Å². The van der Waals surface area contributed by atoms with Gasteiger partial charge in [-0.3, -0.25) is 0 Å². The summed E-state index contributed by atoms with van der Waals surface area (Å²) in [6.45, 7) is 4.26. The van der Waals surface area contributed by atoms with Gasteiger partial charge in [-0.25, -0.2) is 0 Å². The maximum absolute atomic E-state index is 5.94. The Morgan fingerprint density at radius 1 is 1.00 bits per heavy atom. The van der Waals surface area contributed by atoms with Gasteiger partial charge in [0.15, 0.2) is 0 Å². The SMILES string of the molecule is CCCc1ccccc1Oc1cccc(C)c1. The van der Waals surface area contributed by atoms with Gasteiger partial charge in [-0.05, 0) is 42.7 Å². The van der Waals surface area contributed by atoms with Crippen LogP contribution in [0.3, 0.4) is 0 Å². The largest absolute Gasteiger partial charge is 0.457 e. The zero-order valence-electron chi connectivity index (χ0n) is 10.4. The highest BCUT2D eigenvalue weighted by Crippen LogP contribution is 2.26. The van der Waals surface area contributed by atoms with Crippen LogP contribution < -0.4 is 4.74 Å². The number of aryl methyl sites for hydroxylation is 2. The Hall–Kier alpha value is -1.76. The van der Waals surface area contributed by atoms with Gasteiger partial charge >= 0.3 is 0 Å². The summed E-state index contributed by atoms with van der Waals surface area (Å²) in [5.41, 5.74) is 2.49. The Balaban J connectivity index is 2.23. The van der Waals surface area contributed by atoms with E-state index >= 15 is 0 Å². The van der Waals surface area contributed by atoms with Crippen LogP contribution >= 0.6 is 0 Å². The highest BCUT2D eigenvalue weighted by molar-refractivity contribution is 5.38. The van der Waals surface area contributed by atoms with Crippen LogP contribution in [0.2, 0.25) is 0 Å². The van der Waals surface area contributed by atoms with E-state index in [1.54, 1.807) is 0 Å². The van der Waals surface area contributed by atoms with Crippen LogP contribution in [0.1, 0.15) is 24.5 Å². The van der Waals surface area contributed by atoms with Crippen molar-refractivity contribution in [3.63, 3.8) is 0 Å². The summed E-state index contributed by atoms with van der Waals surface area (Å²) in [6.07, 6.45) is 2.19. The summed E-state index contributed by atoms with van der Waals surface area (Å²) in [6, 6.07) is 16.4. The molecule has 0 bridgehead atoms. The number of para-hydroxylation sites is 1. The molecule has 1 heteroatoms. The van der Waals surface area contributed by atoms with Crippen molar-refractivity contribution in [3.05, 3.63) is 59.7 Å². The Bertz CT molecular complexity index is 488. The van der Waals surface area contributed by atoms with E-state index in [0.717, 1.165) is 24.3 Å². The summed E-state index contributed by atoms with van der Waals surface area (Å²) in [4.78, 5) is 0. The van der Waals surface area contributed by atoms with Crippen molar-refractivity contribution in [1.82, 2.24) is 0 Å². The third-order valence-corrected chi connectivity index (χ3v) is 2.71. The highest BCUT2D eigenvalue weighted by Gasteiger charge is 2.03. The van der Waals surface area contributed by atoms with E-state index in [-0.39, 0.29) is 0 Å². The molecule has 0 saturated carbocycles. The van der Waals surface area contributed by atoms with Gasteiger partial charge < -0.3 is 4.74 Å². The number of hydrogen-bond acceptors (Lipinski definition) is 1. The molecule has 2 aromatic rings. The molecule has 0 amide bonds. The minimum absolute atomic E-state index is 0.911. The van der Waals surface area contributed by atoms with Crippen LogP contribution in [-0.4, -0.2) is 0 Å². The predicted molar refractivity (Wildman–Crippen MR) is 71.7 cm³/mol. The second-order valence-electron chi connectivity index (χ2n) is 4.28. The van der Waals surface area contributed by atoms with E-state index in [2.05, 4.69) is 38.1 Å². The van der Waals surface area contributed by atoms with Gasteiger partial charge in [-0.15, -0.1) is 0 Å². The number of rotatable bonds is 4. The topological polar surface area (TPSA) is 9.23 Å². The lowest BCUT2D eigenvalue weighted by atomic mass is 10.1. The molecule has 0 saturated heterocycles.